The van der Waals surface area contributed by atoms with Crippen molar-refractivity contribution in [3.63, 3.8) is 0 Å². The van der Waals surface area contributed by atoms with E-state index in [1.807, 2.05) is 14.0 Å². The summed E-state index contributed by atoms with van der Waals surface area (Å²) in [5.74, 6) is 1.11. The molecule has 6 heteroatoms. The molecule has 0 spiro atoms. The van der Waals surface area contributed by atoms with E-state index in [4.69, 9.17) is 9.47 Å². The summed E-state index contributed by atoms with van der Waals surface area (Å²) in [6.45, 7) is 3.41. The molecule has 0 aliphatic heterocycles. The summed E-state index contributed by atoms with van der Waals surface area (Å²) in [5, 5.41) is 5.93. The van der Waals surface area contributed by atoms with Gasteiger partial charge in [-0.05, 0) is 44.6 Å². The summed E-state index contributed by atoms with van der Waals surface area (Å²) in [4.78, 5) is 12.1. The Hall–Kier alpha value is -1.46. The van der Waals surface area contributed by atoms with Gasteiger partial charge in [-0.15, -0.1) is 12.4 Å². The first-order valence-electron chi connectivity index (χ1n) is 6.29. The van der Waals surface area contributed by atoms with Gasteiger partial charge in [0.15, 0.2) is 11.5 Å². The van der Waals surface area contributed by atoms with Gasteiger partial charge in [0, 0.05) is 12.1 Å². The van der Waals surface area contributed by atoms with Gasteiger partial charge in [0.25, 0.3) is 5.91 Å². The summed E-state index contributed by atoms with van der Waals surface area (Å²) in [6.07, 6.45) is 0.897. The highest BCUT2D eigenvalue weighted by atomic mass is 35.5. The molecule has 1 aromatic carbocycles. The van der Waals surface area contributed by atoms with Crippen LogP contribution in [-0.2, 0) is 0 Å². The first-order valence-corrected chi connectivity index (χ1v) is 6.29. The normalized spacial score (nSPS) is 9.60. The summed E-state index contributed by atoms with van der Waals surface area (Å²) < 4.78 is 10.4. The smallest absolute Gasteiger partial charge is 0.251 e. The Kier molecular flexibility index (Phi) is 8.76. The number of halogens is 1. The fourth-order valence-electron chi connectivity index (χ4n) is 1.79. The molecule has 0 aliphatic carbocycles. The first-order chi connectivity index (χ1) is 9.13. The van der Waals surface area contributed by atoms with Crippen molar-refractivity contribution in [2.45, 2.75) is 13.3 Å². The number of nitrogens with one attached hydrogen (secondary N) is 2. The lowest BCUT2D eigenvalue weighted by Crippen LogP contribution is -2.27. The standard InChI is InChI=1S/C14H22N2O3.ClH/c1-10-8-12(18-3)13(19-4)9-11(10)14(17)16-7-5-6-15-2;/h8-9,15H,5-7H2,1-4H3,(H,16,17);1H. The molecule has 0 saturated carbocycles. The number of carbonyl (C=O) groups is 1. The average molecular weight is 303 g/mol. The molecular formula is C14H23ClN2O3. The molecule has 0 unspecified atom stereocenters. The number of hydrogen-bond donors (Lipinski definition) is 2. The Morgan fingerprint density at radius 1 is 1.15 bits per heavy atom. The van der Waals surface area contributed by atoms with Gasteiger partial charge in [-0.2, -0.15) is 0 Å². The van der Waals surface area contributed by atoms with Crippen molar-refractivity contribution in [2.75, 3.05) is 34.4 Å². The number of rotatable bonds is 7. The third kappa shape index (κ3) is 4.90. The number of amides is 1. The Morgan fingerprint density at radius 2 is 1.75 bits per heavy atom. The molecule has 0 saturated heterocycles. The van der Waals surface area contributed by atoms with Gasteiger partial charge >= 0.3 is 0 Å². The van der Waals surface area contributed by atoms with Gasteiger partial charge in [-0.1, -0.05) is 0 Å². The maximum atomic E-state index is 12.1. The number of ether oxygens (including phenoxy) is 2. The minimum atomic E-state index is -0.0884. The van der Waals surface area contributed by atoms with E-state index in [1.54, 1.807) is 26.4 Å². The van der Waals surface area contributed by atoms with Crippen LogP contribution in [0.4, 0.5) is 0 Å². The Bertz CT molecular complexity index is 439. The molecule has 0 heterocycles. The molecule has 114 valence electrons. The number of aryl methyl sites for hydroxylation is 1. The van der Waals surface area contributed by atoms with Crippen molar-refractivity contribution < 1.29 is 14.3 Å². The highest BCUT2D eigenvalue weighted by Gasteiger charge is 2.13. The third-order valence-corrected chi connectivity index (χ3v) is 2.86. The van der Waals surface area contributed by atoms with E-state index in [1.165, 1.54) is 0 Å². The molecule has 0 aliphatic rings. The lowest BCUT2D eigenvalue weighted by molar-refractivity contribution is 0.0952. The Balaban J connectivity index is 0.00000361. The van der Waals surface area contributed by atoms with Gasteiger partial charge in [-0.3, -0.25) is 4.79 Å². The summed E-state index contributed by atoms with van der Waals surface area (Å²) in [5.41, 5.74) is 1.48. The lowest BCUT2D eigenvalue weighted by atomic mass is 10.1. The van der Waals surface area contributed by atoms with Crippen LogP contribution in [-0.4, -0.2) is 40.3 Å². The fraction of sp³-hybridized carbons (Fsp3) is 0.500. The molecule has 0 fully saturated rings. The highest BCUT2D eigenvalue weighted by molar-refractivity contribution is 5.96. The molecule has 0 radical (unpaired) electrons. The SMILES string of the molecule is CNCCCNC(=O)c1cc(OC)c(OC)cc1C.Cl. The molecular weight excluding hydrogens is 280 g/mol. The molecule has 5 nitrogen and oxygen atoms in total. The first kappa shape index (κ1) is 18.5. The number of carbonyl (C=O) groups excluding carboxylic acids is 1. The van der Waals surface area contributed by atoms with Crippen molar-refractivity contribution in [3.05, 3.63) is 23.3 Å². The van der Waals surface area contributed by atoms with Crippen LogP contribution in [0.2, 0.25) is 0 Å². The third-order valence-electron chi connectivity index (χ3n) is 2.86. The van der Waals surface area contributed by atoms with Crippen LogP contribution >= 0.6 is 12.4 Å². The van der Waals surface area contributed by atoms with E-state index < -0.39 is 0 Å². The predicted octanol–water partition coefficient (Wildman–Crippen LogP) is 1.77. The van der Waals surface area contributed by atoms with Crippen LogP contribution in [0.3, 0.4) is 0 Å². The van der Waals surface area contributed by atoms with Crippen LogP contribution in [0, 0.1) is 6.92 Å². The van der Waals surface area contributed by atoms with Crippen LogP contribution in [0.1, 0.15) is 22.3 Å². The molecule has 1 rings (SSSR count). The topological polar surface area (TPSA) is 59.6 Å². The van der Waals surface area contributed by atoms with Crippen LogP contribution in [0.5, 0.6) is 11.5 Å². The van der Waals surface area contributed by atoms with E-state index in [0.29, 0.717) is 23.6 Å². The second-order valence-corrected chi connectivity index (χ2v) is 4.24. The van der Waals surface area contributed by atoms with Gasteiger partial charge < -0.3 is 20.1 Å². The van der Waals surface area contributed by atoms with Gasteiger partial charge in [0.2, 0.25) is 0 Å². The van der Waals surface area contributed by atoms with Crippen molar-refractivity contribution in [3.8, 4) is 11.5 Å². The second-order valence-electron chi connectivity index (χ2n) is 4.24. The van der Waals surface area contributed by atoms with Crippen LogP contribution in [0.15, 0.2) is 12.1 Å². The van der Waals surface area contributed by atoms with Crippen molar-refractivity contribution in [1.29, 1.82) is 0 Å². The van der Waals surface area contributed by atoms with Gasteiger partial charge in [0.05, 0.1) is 14.2 Å². The largest absolute Gasteiger partial charge is 0.493 e. The summed E-state index contributed by atoms with van der Waals surface area (Å²) in [6, 6.07) is 3.52. The zero-order valence-corrected chi connectivity index (χ0v) is 13.2. The predicted molar refractivity (Wildman–Crippen MR) is 82.4 cm³/mol. The molecule has 1 aromatic rings. The monoisotopic (exact) mass is 302 g/mol. The molecule has 0 atom stereocenters. The minimum Gasteiger partial charge on any atom is -0.493 e. The molecule has 2 N–H and O–H groups in total. The number of hydrogen-bond acceptors (Lipinski definition) is 4. The average Bonchev–Trinajstić information content (AvgIpc) is 2.42. The van der Waals surface area contributed by atoms with E-state index >= 15 is 0 Å². The Labute approximate surface area is 126 Å². The van der Waals surface area contributed by atoms with Crippen LogP contribution in [0.25, 0.3) is 0 Å². The summed E-state index contributed by atoms with van der Waals surface area (Å²) >= 11 is 0. The molecule has 0 bridgehead atoms. The highest BCUT2D eigenvalue weighted by Crippen LogP contribution is 2.30. The van der Waals surface area contributed by atoms with Crippen molar-refractivity contribution >= 4 is 18.3 Å². The fourth-order valence-corrected chi connectivity index (χ4v) is 1.79. The van der Waals surface area contributed by atoms with Gasteiger partial charge in [0.1, 0.15) is 0 Å². The molecule has 0 aromatic heterocycles. The zero-order chi connectivity index (χ0) is 14.3. The minimum absolute atomic E-state index is 0. The zero-order valence-electron chi connectivity index (χ0n) is 12.4. The van der Waals surface area contributed by atoms with E-state index in [2.05, 4.69) is 10.6 Å². The quantitative estimate of drug-likeness (QED) is 0.754. The van der Waals surface area contributed by atoms with Crippen molar-refractivity contribution in [2.24, 2.45) is 0 Å². The maximum absolute atomic E-state index is 12.1. The maximum Gasteiger partial charge on any atom is 0.251 e. The van der Waals surface area contributed by atoms with E-state index in [0.717, 1.165) is 18.5 Å². The Morgan fingerprint density at radius 3 is 2.30 bits per heavy atom. The number of benzene rings is 1. The van der Waals surface area contributed by atoms with E-state index in [9.17, 15) is 4.79 Å². The van der Waals surface area contributed by atoms with E-state index in [-0.39, 0.29) is 18.3 Å². The molecule has 20 heavy (non-hydrogen) atoms. The van der Waals surface area contributed by atoms with Crippen molar-refractivity contribution in [1.82, 2.24) is 10.6 Å². The number of methoxy groups -OCH3 is 2. The van der Waals surface area contributed by atoms with Crippen LogP contribution < -0.4 is 20.1 Å². The molecule has 1 amide bonds. The summed E-state index contributed by atoms with van der Waals surface area (Å²) in [7, 11) is 5.02. The van der Waals surface area contributed by atoms with Gasteiger partial charge in [-0.25, -0.2) is 0 Å². The lowest BCUT2D eigenvalue weighted by Gasteiger charge is -2.12. The second kappa shape index (κ2) is 9.44.